The van der Waals surface area contributed by atoms with Crippen LogP contribution in [0.15, 0.2) is 0 Å². The lowest BCUT2D eigenvalue weighted by Gasteiger charge is -2.43. The van der Waals surface area contributed by atoms with Gasteiger partial charge in [-0.1, -0.05) is 0 Å². The van der Waals surface area contributed by atoms with Crippen LogP contribution in [0, 0.1) is 5.92 Å². The van der Waals surface area contributed by atoms with Gasteiger partial charge >= 0.3 is 0 Å². The normalized spacial score (nSPS) is 31.1. The van der Waals surface area contributed by atoms with Crippen molar-refractivity contribution in [1.29, 1.82) is 0 Å². The maximum Gasteiger partial charge on any atom is 0.0729 e. The van der Waals surface area contributed by atoms with Crippen LogP contribution in [-0.2, 0) is 9.47 Å². The molecule has 1 unspecified atom stereocenters. The Kier molecular flexibility index (Phi) is 4.64. The second-order valence-electron chi connectivity index (χ2n) is 4.24. The Hall–Kier alpha value is 0.170. The summed E-state index contributed by atoms with van der Waals surface area (Å²) in [6.45, 7) is 3.42. The van der Waals surface area contributed by atoms with Gasteiger partial charge < -0.3 is 15.2 Å². The van der Waals surface area contributed by atoms with Gasteiger partial charge in [-0.15, -0.1) is 12.4 Å². The number of rotatable bonds is 1. The first kappa shape index (κ1) is 12.2. The summed E-state index contributed by atoms with van der Waals surface area (Å²) in [5.74, 6) is 0.673. The first-order chi connectivity index (χ1) is 6.35. The number of ether oxygens (including phenoxy) is 2. The monoisotopic (exact) mass is 221 g/mol. The van der Waals surface area contributed by atoms with Crippen molar-refractivity contribution in [1.82, 2.24) is 0 Å². The molecule has 14 heavy (non-hydrogen) atoms. The molecule has 2 aliphatic rings. The highest BCUT2D eigenvalue weighted by Crippen LogP contribution is 2.36. The molecule has 3 nitrogen and oxygen atoms in total. The van der Waals surface area contributed by atoms with E-state index < -0.39 is 0 Å². The molecule has 2 rings (SSSR count). The molecule has 0 aliphatic carbocycles. The van der Waals surface area contributed by atoms with Gasteiger partial charge in [0.05, 0.1) is 5.60 Å². The summed E-state index contributed by atoms with van der Waals surface area (Å²) in [7, 11) is 0. The molecule has 4 heteroatoms. The van der Waals surface area contributed by atoms with Gasteiger partial charge in [0, 0.05) is 19.8 Å². The van der Waals surface area contributed by atoms with Crippen molar-refractivity contribution in [3.8, 4) is 0 Å². The lowest BCUT2D eigenvalue weighted by Crippen LogP contribution is -2.45. The molecule has 2 saturated heterocycles. The van der Waals surface area contributed by atoms with E-state index in [2.05, 4.69) is 0 Å². The van der Waals surface area contributed by atoms with Crippen molar-refractivity contribution in [2.45, 2.75) is 31.3 Å². The van der Waals surface area contributed by atoms with Crippen molar-refractivity contribution in [3.63, 3.8) is 0 Å². The molecule has 0 saturated carbocycles. The van der Waals surface area contributed by atoms with Gasteiger partial charge in [-0.05, 0) is 38.1 Å². The predicted octanol–water partition coefficient (Wildman–Crippen LogP) is 1.34. The standard InChI is InChI=1S/C10H19NO2.ClH/c11-8-9-1-4-13-10(7-9)2-5-12-6-3-10;/h9H,1-8,11H2;1H. The topological polar surface area (TPSA) is 44.5 Å². The number of halogens is 1. The van der Waals surface area contributed by atoms with E-state index in [4.69, 9.17) is 15.2 Å². The minimum atomic E-state index is 0. The van der Waals surface area contributed by atoms with Gasteiger partial charge in [0.2, 0.25) is 0 Å². The molecular formula is C10H20ClNO2. The fraction of sp³-hybridized carbons (Fsp3) is 1.00. The largest absolute Gasteiger partial charge is 0.381 e. The summed E-state index contributed by atoms with van der Waals surface area (Å²) in [6.07, 6.45) is 4.40. The zero-order chi connectivity index (χ0) is 9.15. The Morgan fingerprint density at radius 1 is 1.21 bits per heavy atom. The molecule has 2 heterocycles. The fourth-order valence-electron chi connectivity index (χ4n) is 2.42. The van der Waals surface area contributed by atoms with Crippen molar-refractivity contribution in [2.75, 3.05) is 26.4 Å². The lowest BCUT2D eigenvalue weighted by atomic mass is 9.81. The van der Waals surface area contributed by atoms with Crippen LogP contribution in [0.3, 0.4) is 0 Å². The summed E-state index contributed by atoms with van der Waals surface area (Å²) in [6, 6.07) is 0. The highest BCUT2D eigenvalue weighted by molar-refractivity contribution is 5.85. The van der Waals surface area contributed by atoms with Gasteiger partial charge in [0.15, 0.2) is 0 Å². The third kappa shape index (κ3) is 2.60. The van der Waals surface area contributed by atoms with E-state index in [0.29, 0.717) is 5.92 Å². The summed E-state index contributed by atoms with van der Waals surface area (Å²) < 4.78 is 11.3. The molecule has 0 aromatic carbocycles. The van der Waals surface area contributed by atoms with E-state index >= 15 is 0 Å². The first-order valence-electron chi connectivity index (χ1n) is 5.26. The Balaban J connectivity index is 0.000000980. The van der Waals surface area contributed by atoms with Gasteiger partial charge in [0.25, 0.3) is 0 Å². The average molecular weight is 222 g/mol. The van der Waals surface area contributed by atoms with Crippen molar-refractivity contribution >= 4 is 12.4 Å². The zero-order valence-corrected chi connectivity index (χ0v) is 9.35. The molecule has 1 spiro atoms. The number of nitrogens with two attached hydrogens (primary N) is 1. The summed E-state index contributed by atoms with van der Waals surface area (Å²) in [5, 5.41) is 0. The summed E-state index contributed by atoms with van der Waals surface area (Å²) in [4.78, 5) is 0. The molecule has 84 valence electrons. The van der Waals surface area contributed by atoms with Crippen LogP contribution in [0.25, 0.3) is 0 Å². The molecular weight excluding hydrogens is 202 g/mol. The molecule has 1 atom stereocenters. The highest BCUT2D eigenvalue weighted by atomic mass is 35.5. The average Bonchev–Trinajstić information content (AvgIpc) is 2.19. The van der Waals surface area contributed by atoms with Gasteiger partial charge in [-0.2, -0.15) is 0 Å². The molecule has 0 amide bonds. The maximum absolute atomic E-state index is 5.90. The van der Waals surface area contributed by atoms with Crippen LogP contribution in [0.5, 0.6) is 0 Å². The zero-order valence-electron chi connectivity index (χ0n) is 8.54. The van der Waals surface area contributed by atoms with Crippen molar-refractivity contribution in [3.05, 3.63) is 0 Å². The Labute approximate surface area is 91.7 Å². The van der Waals surface area contributed by atoms with Gasteiger partial charge in [-0.25, -0.2) is 0 Å². The smallest absolute Gasteiger partial charge is 0.0729 e. The predicted molar refractivity (Wildman–Crippen MR) is 57.8 cm³/mol. The third-order valence-corrected chi connectivity index (χ3v) is 3.33. The van der Waals surface area contributed by atoms with Crippen LogP contribution in [0.4, 0.5) is 0 Å². The second-order valence-corrected chi connectivity index (χ2v) is 4.24. The Morgan fingerprint density at radius 2 is 1.93 bits per heavy atom. The SMILES string of the molecule is Cl.NCC1CCOC2(CCOCC2)C1. The van der Waals surface area contributed by atoms with Crippen LogP contribution in [0.1, 0.15) is 25.7 Å². The van der Waals surface area contributed by atoms with E-state index in [1.807, 2.05) is 0 Å². The van der Waals surface area contributed by atoms with Crippen LogP contribution in [-0.4, -0.2) is 32.0 Å². The Morgan fingerprint density at radius 3 is 2.57 bits per heavy atom. The van der Waals surface area contributed by atoms with Crippen molar-refractivity contribution in [2.24, 2.45) is 11.7 Å². The molecule has 2 aliphatic heterocycles. The van der Waals surface area contributed by atoms with Crippen LogP contribution >= 0.6 is 12.4 Å². The minimum Gasteiger partial charge on any atom is -0.381 e. The summed E-state index contributed by atoms with van der Waals surface area (Å²) >= 11 is 0. The van der Waals surface area contributed by atoms with E-state index in [1.54, 1.807) is 0 Å². The highest BCUT2D eigenvalue weighted by Gasteiger charge is 2.38. The van der Waals surface area contributed by atoms with Gasteiger partial charge in [0.1, 0.15) is 0 Å². The van der Waals surface area contributed by atoms with Gasteiger partial charge in [-0.3, -0.25) is 0 Å². The molecule has 0 bridgehead atoms. The van der Waals surface area contributed by atoms with Crippen molar-refractivity contribution < 1.29 is 9.47 Å². The van der Waals surface area contributed by atoms with E-state index in [-0.39, 0.29) is 18.0 Å². The van der Waals surface area contributed by atoms with E-state index in [1.165, 1.54) is 0 Å². The minimum absolute atomic E-state index is 0. The molecule has 0 radical (unpaired) electrons. The maximum atomic E-state index is 5.90. The first-order valence-corrected chi connectivity index (χ1v) is 5.26. The molecule has 0 aromatic heterocycles. The Bertz CT molecular complexity index is 166. The van der Waals surface area contributed by atoms with E-state index in [0.717, 1.165) is 52.0 Å². The molecule has 0 aromatic rings. The quantitative estimate of drug-likeness (QED) is 0.727. The fourth-order valence-corrected chi connectivity index (χ4v) is 2.42. The molecule has 2 N–H and O–H groups in total. The molecule has 2 fully saturated rings. The van der Waals surface area contributed by atoms with E-state index in [9.17, 15) is 0 Å². The van der Waals surface area contributed by atoms with Crippen LogP contribution < -0.4 is 5.73 Å². The summed E-state index contributed by atoms with van der Waals surface area (Å²) in [5.41, 5.74) is 5.83. The van der Waals surface area contributed by atoms with Crippen LogP contribution in [0.2, 0.25) is 0 Å². The number of hydrogen-bond acceptors (Lipinski definition) is 3. The third-order valence-electron chi connectivity index (χ3n) is 3.33. The lowest BCUT2D eigenvalue weighted by molar-refractivity contribution is -0.145. The number of hydrogen-bond donors (Lipinski definition) is 1. The second kappa shape index (κ2) is 5.31.